The molecule has 1 heterocycles. The molecule has 0 radical (unpaired) electrons. The number of carbonyl (C=O) groups is 1. The zero-order valence-corrected chi connectivity index (χ0v) is 12.2. The molecule has 1 aromatic rings. The zero-order chi connectivity index (χ0) is 15.6. The van der Waals surface area contributed by atoms with Crippen LogP contribution >= 0.6 is 0 Å². The largest absolute Gasteiger partial charge is 0.478 e. The molecule has 0 aromatic heterocycles. The van der Waals surface area contributed by atoms with E-state index in [1.54, 1.807) is 6.92 Å². The molecule has 1 aliphatic rings. The van der Waals surface area contributed by atoms with Crippen LogP contribution in [0.3, 0.4) is 0 Å². The molecule has 2 atom stereocenters. The van der Waals surface area contributed by atoms with Crippen molar-refractivity contribution in [3.63, 3.8) is 0 Å². The van der Waals surface area contributed by atoms with Crippen LogP contribution in [0.25, 0.3) is 0 Å². The highest BCUT2D eigenvalue weighted by molar-refractivity contribution is 7.89. The van der Waals surface area contributed by atoms with Gasteiger partial charge < -0.3 is 9.84 Å². The molecule has 116 valence electrons. The lowest BCUT2D eigenvalue weighted by atomic mass is 10.1. The number of benzene rings is 1. The standard InChI is InChI=1S/C13H16FNO5S/c1-8(12-3-2-6-20-12)15-21(18,19)9-4-5-11(14)10(7-9)13(16)17/h4-5,7-8,12,15H,2-3,6H2,1H3,(H,16,17). The second kappa shape index (κ2) is 6.08. The van der Waals surface area contributed by atoms with Gasteiger partial charge in [-0.15, -0.1) is 0 Å². The van der Waals surface area contributed by atoms with E-state index in [2.05, 4.69) is 4.72 Å². The minimum Gasteiger partial charge on any atom is -0.478 e. The SMILES string of the molecule is CC(NS(=O)(=O)c1ccc(F)c(C(=O)O)c1)C1CCCO1. The number of rotatable bonds is 5. The first-order valence-corrected chi connectivity index (χ1v) is 7.96. The lowest BCUT2D eigenvalue weighted by molar-refractivity contribution is 0.0691. The Kier molecular flexibility index (Phi) is 4.60. The summed E-state index contributed by atoms with van der Waals surface area (Å²) in [5.74, 6) is -2.50. The Morgan fingerprint density at radius 2 is 2.24 bits per heavy atom. The minimum absolute atomic E-state index is 0.209. The molecule has 0 bridgehead atoms. The highest BCUT2D eigenvalue weighted by Gasteiger charge is 2.27. The van der Waals surface area contributed by atoms with Crippen molar-refractivity contribution in [1.82, 2.24) is 4.72 Å². The molecule has 2 rings (SSSR count). The Bertz CT molecular complexity index is 640. The van der Waals surface area contributed by atoms with E-state index in [0.717, 1.165) is 31.0 Å². The fourth-order valence-electron chi connectivity index (χ4n) is 2.22. The van der Waals surface area contributed by atoms with Gasteiger partial charge in [-0.3, -0.25) is 0 Å². The van der Waals surface area contributed by atoms with Gasteiger partial charge in [0.05, 0.1) is 16.6 Å². The molecule has 0 amide bonds. The van der Waals surface area contributed by atoms with Crippen molar-refractivity contribution in [3.8, 4) is 0 Å². The Morgan fingerprint density at radius 3 is 2.81 bits per heavy atom. The van der Waals surface area contributed by atoms with Gasteiger partial charge in [0.1, 0.15) is 5.82 Å². The smallest absolute Gasteiger partial charge is 0.338 e. The molecule has 2 N–H and O–H groups in total. The quantitative estimate of drug-likeness (QED) is 0.855. The highest BCUT2D eigenvalue weighted by atomic mass is 32.2. The molecule has 6 nitrogen and oxygen atoms in total. The van der Waals surface area contributed by atoms with Gasteiger partial charge in [0.15, 0.2) is 0 Å². The molecule has 8 heteroatoms. The topological polar surface area (TPSA) is 92.7 Å². The van der Waals surface area contributed by atoms with Crippen LogP contribution in [0.2, 0.25) is 0 Å². The Balaban J connectivity index is 2.23. The molecule has 2 unspecified atom stereocenters. The molecule has 0 spiro atoms. The maximum Gasteiger partial charge on any atom is 0.338 e. The first kappa shape index (κ1) is 15.9. The number of hydrogen-bond acceptors (Lipinski definition) is 4. The molecular formula is C13H16FNO5S. The van der Waals surface area contributed by atoms with E-state index in [9.17, 15) is 17.6 Å². The fraction of sp³-hybridized carbons (Fsp3) is 0.462. The third kappa shape index (κ3) is 3.58. The van der Waals surface area contributed by atoms with Gasteiger partial charge in [-0.25, -0.2) is 22.3 Å². The third-order valence-electron chi connectivity index (χ3n) is 3.34. The van der Waals surface area contributed by atoms with E-state index < -0.39 is 33.4 Å². The average Bonchev–Trinajstić information content (AvgIpc) is 2.92. The van der Waals surface area contributed by atoms with Crippen LogP contribution in [0, 0.1) is 5.82 Å². The van der Waals surface area contributed by atoms with Gasteiger partial charge >= 0.3 is 5.97 Å². The fourth-order valence-corrected chi connectivity index (χ4v) is 3.52. The van der Waals surface area contributed by atoms with E-state index in [0.29, 0.717) is 6.61 Å². The Morgan fingerprint density at radius 1 is 1.52 bits per heavy atom. The third-order valence-corrected chi connectivity index (χ3v) is 4.90. The van der Waals surface area contributed by atoms with Crippen molar-refractivity contribution in [3.05, 3.63) is 29.6 Å². The minimum atomic E-state index is -3.93. The number of ether oxygens (including phenoxy) is 1. The number of carboxylic acid groups (broad SMARTS) is 1. The summed E-state index contributed by atoms with van der Waals surface area (Å²) in [5.41, 5.74) is -0.678. The monoisotopic (exact) mass is 317 g/mol. The van der Waals surface area contributed by atoms with E-state index in [1.165, 1.54) is 0 Å². The van der Waals surface area contributed by atoms with Gasteiger partial charge in [0, 0.05) is 12.6 Å². The van der Waals surface area contributed by atoms with E-state index >= 15 is 0 Å². The summed E-state index contributed by atoms with van der Waals surface area (Å²) < 4.78 is 45.5. The van der Waals surface area contributed by atoms with Gasteiger partial charge in [0.25, 0.3) is 0 Å². The summed E-state index contributed by atoms with van der Waals surface area (Å²) in [7, 11) is -3.93. The molecule has 0 saturated carbocycles. The molecule has 1 saturated heterocycles. The van der Waals surface area contributed by atoms with Crippen LogP contribution in [0.4, 0.5) is 4.39 Å². The van der Waals surface area contributed by atoms with Crippen molar-refractivity contribution in [1.29, 1.82) is 0 Å². The lowest BCUT2D eigenvalue weighted by Crippen LogP contribution is -2.40. The molecule has 1 fully saturated rings. The van der Waals surface area contributed by atoms with Gasteiger partial charge in [0.2, 0.25) is 10.0 Å². The summed E-state index contributed by atoms with van der Waals surface area (Å²) >= 11 is 0. The second-order valence-electron chi connectivity index (χ2n) is 4.91. The van der Waals surface area contributed by atoms with Crippen molar-refractivity contribution < 1.29 is 27.4 Å². The Labute approximate surface area is 122 Å². The van der Waals surface area contributed by atoms with Gasteiger partial charge in [-0.05, 0) is 38.0 Å². The number of carboxylic acids is 1. The van der Waals surface area contributed by atoms with Gasteiger partial charge in [-0.1, -0.05) is 0 Å². The first-order chi connectivity index (χ1) is 9.81. The normalized spacial score (nSPS) is 20.4. The number of sulfonamides is 1. The second-order valence-corrected chi connectivity index (χ2v) is 6.62. The molecule has 0 aliphatic carbocycles. The summed E-state index contributed by atoms with van der Waals surface area (Å²) in [6.45, 7) is 2.27. The summed E-state index contributed by atoms with van der Waals surface area (Å²) in [5, 5.41) is 8.84. The Hall–Kier alpha value is -1.51. The van der Waals surface area contributed by atoms with Crippen LogP contribution in [0.1, 0.15) is 30.1 Å². The number of halogens is 1. The van der Waals surface area contributed by atoms with Crippen molar-refractivity contribution in [2.24, 2.45) is 0 Å². The first-order valence-electron chi connectivity index (χ1n) is 6.48. The number of nitrogens with one attached hydrogen (secondary N) is 1. The van der Waals surface area contributed by atoms with E-state index in [1.807, 2.05) is 0 Å². The van der Waals surface area contributed by atoms with Crippen molar-refractivity contribution in [2.45, 2.75) is 36.8 Å². The van der Waals surface area contributed by atoms with Gasteiger partial charge in [-0.2, -0.15) is 0 Å². The highest BCUT2D eigenvalue weighted by Crippen LogP contribution is 2.19. The molecule has 1 aliphatic heterocycles. The predicted molar refractivity (Wildman–Crippen MR) is 72.1 cm³/mol. The van der Waals surface area contributed by atoms with E-state index in [4.69, 9.17) is 9.84 Å². The van der Waals surface area contributed by atoms with Crippen LogP contribution in [0.5, 0.6) is 0 Å². The van der Waals surface area contributed by atoms with Crippen molar-refractivity contribution >= 4 is 16.0 Å². The van der Waals surface area contributed by atoms with Crippen LogP contribution in [-0.4, -0.2) is 38.2 Å². The van der Waals surface area contributed by atoms with E-state index in [-0.39, 0.29) is 11.0 Å². The lowest BCUT2D eigenvalue weighted by Gasteiger charge is -2.20. The maximum absolute atomic E-state index is 13.3. The summed E-state index contributed by atoms with van der Waals surface area (Å²) in [6.07, 6.45) is 1.42. The average molecular weight is 317 g/mol. The summed E-state index contributed by atoms with van der Waals surface area (Å²) in [4.78, 5) is 10.6. The van der Waals surface area contributed by atoms with Crippen LogP contribution in [0.15, 0.2) is 23.1 Å². The molecular weight excluding hydrogens is 301 g/mol. The molecule has 1 aromatic carbocycles. The van der Waals surface area contributed by atoms with Crippen molar-refractivity contribution in [2.75, 3.05) is 6.61 Å². The zero-order valence-electron chi connectivity index (χ0n) is 11.4. The maximum atomic E-state index is 13.3. The van der Waals surface area contributed by atoms with Crippen LogP contribution < -0.4 is 4.72 Å². The van der Waals surface area contributed by atoms with Crippen LogP contribution in [-0.2, 0) is 14.8 Å². The summed E-state index contributed by atoms with van der Waals surface area (Å²) in [6, 6.07) is 2.22. The predicted octanol–water partition coefficient (Wildman–Crippen LogP) is 1.37. The number of hydrogen-bond donors (Lipinski definition) is 2. The number of aromatic carboxylic acids is 1. The molecule has 21 heavy (non-hydrogen) atoms.